The maximum atomic E-state index is 2.47. The standard InChI is InChI=1S/C27H28N/c1-28(2,3)23-12-16-25-22(18-23)11-15-26-24-13-9-20(19-7-5-4-6-8-19)17-21(24)10-14-27(25)26/h4-9,11-16,20H,10,17-18H2,1-3H3/q+1. The molecule has 140 valence electrons. The molecular weight excluding hydrogens is 338 g/mol. The summed E-state index contributed by atoms with van der Waals surface area (Å²) in [6.45, 7) is 0. The van der Waals surface area contributed by atoms with Gasteiger partial charge in [-0.2, -0.15) is 0 Å². The van der Waals surface area contributed by atoms with Crippen LogP contribution >= 0.6 is 0 Å². The third kappa shape index (κ3) is 2.91. The number of hydrogen-bond donors (Lipinski definition) is 0. The second kappa shape index (κ2) is 6.46. The molecule has 0 aliphatic heterocycles. The number of quaternary nitrogens is 1. The van der Waals surface area contributed by atoms with E-state index in [-0.39, 0.29) is 0 Å². The number of fused-ring (bicyclic) bond motifs is 4. The molecule has 1 atom stereocenters. The highest BCUT2D eigenvalue weighted by Gasteiger charge is 2.24. The van der Waals surface area contributed by atoms with Crippen LogP contribution in [0.25, 0.3) is 17.7 Å². The molecule has 0 saturated carbocycles. The Kier molecular flexibility index (Phi) is 4.03. The highest BCUT2D eigenvalue weighted by Crippen LogP contribution is 2.37. The number of rotatable bonds is 2. The first-order valence-electron chi connectivity index (χ1n) is 10.3. The summed E-state index contributed by atoms with van der Waals surface area (Å²) < 4.78 is 0.898. The number of benzene rings is 2. The average Bonchev–Trinajstić information content (AvgIpc) is 2.72. The van der Waals surface area contributed by atoms with Crippen LogP contribution in [0.5, 0.6) is 0 Å². The van der Waals surface area contributed by atoms with E-state index >= 15 is 0 Å². The van der Waals surface area contributed by atoms with Gasteiger partial charge in [-0.15, -0.1) is 0 Å². The van der Waals surface area contributed by atoms with Crippen LogP contribution in [-0.4, -0.2) is 25.6 Å². The highest BCUT2D eigenvalue weighted by molar-refractivity contribution is 5.82. The molecule has 5 rings (SSSR count). The maximum Gasteiger partial charge on any atom is 0.113 e. The van der Waals surface area contributed by atoms with Crippen molar-refractivity contribution in [3.63, 3.8) is 0 Å². The van der Waals surface area contributed by atoms with E-state index in [1.54, 1.807) is 5.57 Å². The Morgan fingerprint density at radius 3 is 2.50 bits per heavy atom. The van der Waals surface area contributed by atoms with Gasteiger partial charge in [0.2, 0.25) is 0 Å². The molecule has 3 aliphatic carbocycles. The van der Waals surface area contributed by atoms with E-state index in [1.165, 1.54) is 38.4 Å². The number of hydrogen-bond acceptors (Lipinski definition) is 0. The van der Waals surface area contributed by atoms with Crippen molar-refractivity contribution in [3.8, 4) is 0 Å². The predicted molar refractivity (Wildman–Crippen MR) is 119 cm³/mol. The van der Waals surface area contributed by atoms with Gasteiger partial charge in [-0.3, -0.25) is 0 Å². The Morgan fingerprint density at radius 2 is 1.71 bits per heavy atom. The molecule has 0 N–H and O–H groups in total. The van der Waals surface area contributed by atoms with Crippen molar-refractivity contribution in [1.29, 1.82) is 0 Å². The number of likely N-dealkylation sites (N-methyl/N-ethyl adjacent to an activating group) is 1. The Hall–Kier alpha value is -2.64. The lowest BCUT2D eigenvalue weighted by molar-refractivity contribution is -0.832. The smallest absolute Gasteiger partial charge is 0.113 e. The Balaban J connectivity index is 1.54. The molecule has 0 saturated heterocycles. The van der Waals surface area contributed by atoms with Crippen LogP contribution in [0.2, 0.25) is 0 Å². The van der Waals surface area contributed by atoms with Gasteiger partial charge in [0, 0.05) is 12.3 Å². The molecule has 1 unspecified atom stereocenters. The molecule has 28 heavy (non-hydrogen) atoms. The number of allylic oxidation sites excluding steroid dienone is 6. The van der Waals surface area contributed by atoms with Crippen LogP contribution in [0.4, 0.5) is 0 Å². The lowest BCUT2D eigenvalue weighted by Gasteiger charge is -2.29. The first-order valence-corrected chi connectivity index (χ1v) is 10.3. The van der Waals surface area contributed by atoms with Gasteiger partial charge in [-0.05, 0) is 57.7 Å². The molecule has 1 nitrogen and oxygen atoms in total. The van der Waals surface area contributed by atoms with E-state index in [4.69, 9.17) is 0 Å². The molecule has 1 heteroatoms. The van der Waals surface area contributed by atoms with Gasteiger partial charge in [0.1, 0.15) is 5.70 Å². The molecule has 0 bridgehead atoms. The summed E-state index contributed by atoms with van der Waals surface area (Å²) in [4.78, 5) is 0. The van der Waals surface area contributed by atoms with Crippen molar-refractivity contribution >= 4 is 17.7 Å². The second-order valence-corrected chi connectivity index (χ2v) is 9.12. The monoisotopic (exact) mass is 366 g/mol. The molecular formula is C27H28N+. The first kappa shape index (κ1) is 17.5. The van der Waals surface area contributed by atoms with Crippen LogP contribution in [0, 0.1) is 0 Å². The topological polar surface area (TPSA) is 0 Å². The Labute approximate surface area is 167 Å². The SMILES string of the molecule is C[N+](C)(C)C1=CC=c2c(ccc3c2=CCC2=C3C=CC(c3ccccc3)C2)C1. The van der Waals surface area contributed by atoms with E-state index in [2.05, 4.69) is 94.0 Å². The van der Waals surface area contributed by atoms with Gasteiger partial charge in [0.25, 0.3) is 0 Å². The average molecular weight is 367 g/mol. The van der Waals surface area contributed by atoms with Gasteiger partial charge in [0.15, 0.2) is 0 Å². The first-order chi connectivity index (χ1) is 13.5. The van der Waals surface area contributed by atoms with Gasteiger partial charge < -0.3 is 4.48 Å². The predicted octanol–water partition coefficient (Wildman–Crippen LogP) is 4.29. The van der Waals surface area contributed by atoms with Gasteiger partial charge in [-0.25, -0.2) is 0 Å². The van der Waals surface area contributed by atoms with E-state index in [0.29, 0.717) is 5.92 Å². The van der Waals surface area contributed by atoms with Crippen molar-refractivity contribution in [1.82, 2.24) is 0 Å². The van der Waals surface area contributed by atoms with Crippen molar-refractivity contribution in [2.75, 3.05) is 21.1 Å². The van der Waals surface area contributed by atoms with E-state index in [9.17, 15) is 0 Å². The van der Waals surface area contributed by atoms with E-state index in [0.717, 1.165) is 23.7 Å². The summed E-state index contributed by atoms with van der Waals surface area (Å²) in [6, 6.07) is 15.6. The molecule has 0 fully saturated rings. The zero-order valence-corrected chi connectivity index (χ0v) is 17.1. The van der Waals surface area contributed by atoms with Crippen LogP contribution < -0.4 is 10.4 Å². The fourth-order valence-corrected chi connectivity index (χ4v) is 4.78. The third-order valence-corrected chi connectivity index (χ3v) is 6.47. The fourth-order valence-electron chi connectivity index (χ4n) is 4.78. The minimum absolute atomic E-state index is 0.508. The van der Waals surface area contributed by atoms with Crippen molar-refractivity contribution in [2.45, 2.75) is 25.2 Å². The van der Waals surface area contributed by atoms with E-state index < -0.39 is 0 Å². The normalized spacial score (nSPS) is 20.4. The van der Waals surface area contributed by atoms with Gasteiger partial charge in [-0.1, -0.05) is 66.3 Å². The Bertz CT molecular complexity index is 1150. The largest absolute Gasteiger partial charge is 0.302 e. The number of nitrogens with zero attached hydrogens (tertiary/aromatic N) is 1. The second-order valence-electron chi connectivity index (χ2n) is 9.12. The zero-order valence-electron chi connectivity index (χ0n) is 17.1. The lowest BCUT2D eigenvalue weighted by atomic mass is 9.78. The van der Waals surface area contributed by atoms with Crippen molar-refractivity contribution in [3.05, 3.63) is 99.1 Å². The summed E-state index contributed by atoms with van der Waals surface area (Å²) >= 11 is 0. The molecule has 2 aromatic rings. The summed E-state index contributed by atoms with van der Waals surface area (Å²) in [6.07, 6.45) is 15.2. The highest BCUT2D eigenvalue weighted by atomic mass is 15.3. The van der Waals surface area contributed by atoms with Gasteiger partial charge >= 0.3 is 0 Å². The minimum atomic E-state index is 0.508. The maximum absolute atomic E-state index is 2.47. The Morgan fingerprint density at radius 1 is 0.893 bits per heavy atom. The van der Waals surface area contributed by atoms with Crippen LogP contribution in [0.15, 0.2) is 72.0 Å². The summed E-state index contributed by atoms with van der Waals surface area (Å²) in [5.74, 6) is 0.508. The van der Waals surface area contributed by atoms with Crippen LogP contribution in [0.1, 0.15) is 35.4 Å². The third-order valence-electron chi connectivity index (χ3n) is 6.47. The van der Waals surface area contributed by atoms with Crippen LogP contribution in [-0.2, 0) is 6.42 Å². The van der Waals surface area contributed by atoms with Crippen LogP contribution in [0.3, 0.4) is 0 Å². The minimum Gasteiger partial charge on any atom is -0.302 e. The molecule has 0 amide bonds. The summed E-state index contributed by atoms with van der Waals surface area (Å²) in [7, 11) is 6.76. The summed E-state index contributed by atoms with van der Waals surface area (Å²) in [5, 5.41) is 2.87. The molecule has 3 aliphatic rings. The van der Waals surface area contributed by atoms with E-state index in [1.807, 2.05) is 0 Å². The molecule has 0 spiro atoms. The molecule has 0 radical (unpaired) electrons. The quantitative estimate of drug-likeness (QED) is 0.696. The zero-order chi connectivity index (χ0) is 19.3. The summed E-state index contributed by atoms with van der Waals surface area (Å²) in [5.41, 5.74) is 8.82. The van der Waals surface area contributed by atoms with Gasteiger partial charge in [0.05, 0.1) is 21.1 Å². The molecule has 0 heterocycles. The van der Waals surface area contributed by atoms with Crippen molar-refractivity contribution in [2.24, 2.45) is 0 Å². The van der Waals surface area contributed by atoms with Crippen molar-refractivity contribution < 1.29 is 4.48 Å². The fraction of sp³-hybridized carbons (Fsp3) is 0.259. The molecule has 0 aromatic heterocycles. The lowest BCUT2D eigenvalue weighted by Crippen LogP contribution is -2.40. The molecule has 2 aromatic carbocycles.